The fourth-order valence-corrected chi connectivity index (χ4v) is 4.28. The van der Waals surface area contributed by atoms with Crippen molar-refractivity contribution in [1.82, 2.24) is 19.1 Å². The molecule has 1 heterocycles. The fourth-order valence-electron chi connectivity index (χ4n) is 3.13. The minimum Gasteiger partial charge on any atom is -0.322 e. The van der Waals surface area contributed by atoms with E-state index in [4.69, 9.17) is 0 Å². The van der Waals surface area contributed by atoms with Crippen LogP contribution < -0.4 is 5.32 Å². The minimum absolute atomic E-state index is 0.158. The first-order valence-electron chi connectivity index (χ1n) is 9.80. The Hall–Kier alpha value is -3.82. The van der Waals surface area contributed by atoms with Gasteiger partial charge in [0.1, 0.15) is 12.7 Å². The lowest BCUT2D eigenvalue weighted by atomic mass is 10.2. The van der Waals surface area contributed by atoms with Crippen LogP contribution in [0.15, 0.2) is 96.4 Å². The second kappa shape index (κ2) is 9.13. The first kappa shape index (κ1) is 21.4. The molecule has 0 aliphatic rings. The number of aromatic nitrogens is 3. The van der Waals surface area contributed by atoms with E-state index in [0.29, 0.717) is 11.3 Å². The van der Waals surface area contributed by atoms with Gasteiger partial charge in [-0.3, -0.25) is 4.79 Å². The van der Waals surface area contributed by atoms with E-state index in [9.17, 15) is 13.2 Å². The molecule has 0 saturated carbocycles. The van der Waals surface area contributed by atoms with Crippen molar-refractivity contribution in [3.63, 3.8) is 0 Å². The topological polar surface area (TPSA) is 97.2 Å². The molecule has 1 amide bonds. The van der Waals surface area contributed by atoms with Gasteiger partial charge in [0.2, 0.25) is 10.0 Å². The summed E-state index contributed by atoms with van der Waals surface area (Å²) in [5.74, 6) is -0.299. The number of hydrogen-bond acceptors (Lipinski definition) is 5. The van der Waals surface area contributed by atoms with E-state index in [-0.39, 0.29) is 17.3 Å². The van der Waals surface area contributed by atoms with Crippen LogP contribution >= 0.6 is 0 Å². The molecule has 8 nitrogen and oxygen atoms in total. The van der Waals surface area contributed by atoms with Crippen molar-refractivity contribution < 1.29 is 13.2 Å². The monoisotopic (exact) mass is 447 g/mol. The number of carbonyl (C=O) groups is 1. The molecule has 4 rings (SSSR count). The van der Waals surface area contributed by atoms with Gasteiger partial charge in [0.15, 0.2) is 0 Å². The van der Waals surface area contributed by atoms with Gasteiger partial charge in [-0.05, 0) is 54.1 Å². The highest BCUT2D eigenvalue weighted by Gasteiger charge is 2.21. The van der Waals surface area contributed by atoms with Gasteiger partial charge in [0.25, 0.3) is 5.91 Å². The number of benzene rings is 3. The van der Waals surface area contributed by atoms with Crippen molar-refractivity contribution in [2.24, 2.45) is 0 Å². The molecular weight excluding hydrogens is 426 g/mol. The zero-order valence-electron chi connectivity index (χ0n) is 17.3. The number of rotatable bonds is 7. The second-order valence-electron chi connectivity index (χ2n) is 7.11. The van der Waals surface area contributed by atoms with Crippen LogP contribution in [0.4, 0.5) is 5.69 Å². The molecule has 162 valence electrons. The van der Waals surface area contributed by atoms with Gasteiger partial charge in [0.05, 0.1) is 10.6 Å². The maximum absolute atomic E-state index is 12.8. The Bertz CT molecular complexity index is 1290. The van der Waals surface area contributed by atoms with Crippen LogP contribution in [0.2, 0.25) is 0 Å². The molecule has 0 unspecified atom stereocenters. The molecule has 0 spiro atoms. The van der Waals surface area contributed by atoms with Crippen molar-refractivity contribution in [3.05, 3.63) is 103 Å². The van der Waals surface area contributed by atoms with Crippen LogP contribution in [0.1, 0.15) is 15.9 Å². The number of amides is 1. The summed E-state index contributed by atoms with van der Waals surface area (Å²) in [6.07, 6.45) is 3.01. The third-order valence-electron chi connectivity index (χ3n) is 4.88. The van der Waals surface area contributed by atoms with Crippen LogP contribution in [-0.2, 0) is 16.6 Å². The number of sulfonamides is 1. The first-order valence-corrected chi connectivity index (χ1v) is 11.2. The van der Waals surface area contributed by atoms with Gasteiger partial charge in [-0.25, -0.2) is 18.1 Å². The third kappa shape index (κ3) is 4.74. The Morgan fingerprint density at radius 2 is 1.66 bits per heavy atom. The Balaban J connectivity index is 1.42. The average molecular weight is 448 g/mol. The van der Waals surface area contributed by atoms with Crippen molar-refractivity contribution in [3.8, 4) is 5.69 Å². The Kier molecular flexibility index (Phi) is 6.11. The Morgan fingerprint density at radius 3 is 2.28 bits per heavy atom. The average Bonchev–Trinajstić information content (AvgIpc) is 3.35. The lowest BCUT2D eigenvalue weighted by Crippen LogP contribution is -2.26. The summed E-state index contributed by atoms with van der Waals surface area (Å²) < 4.78 is 28.6. The number of nitrogens with zero attached hydrogens (tertiary/aromatic N) is 4. The zero-order chi connectivity index (χ0) is 22.6. The second-order valence-corrected chi connectivity index (χ2v) is 9.16. The van der Waals surface area contributed by atoms with E-state index in [1.54, 1.807) is 54.5 Å². The van der Waals surface area contributed by atoms with Crippen molar-refractivity contribution in [2.45, 2.75) is 11.4 Å². The smallest absolute Gasteiger partial charge is 0.255 e. The molecular formula is C23H21N5O3S. The number of anilines is 1. The Labute approximate surface area is 186 Å². The van der Waals surface area contributed by atoms with E-state index in [1.165, 1.54) is 22.8 Å². The molecule has 32 heavy (non-hydrogen) atoms. The molecule has 9 heteroatoms. The SMILES string of the molecule is CN(Cc1ccccc1)S(=O)(=O)c1ccc(NC(=O)c2ccc(-n3cncn3)cc2)cc1. The van der Waals surface area contributed by atoms with Gasteiger partial charge in [-0.1, -0.05) is 30.3 Å². The summed E-state index contributed by atoms with van der Waals surface area (Å²) in [5.41, 5.74) is 2.65. The van der Waals surface area contributed by atoms with E-state index < -0.39 is 10.0 Å². The molecule has 0 saturated heterocycles. The third-order valence-corrected chi connectivity index (χ3v) is 6.70. The summed E-state index contributed by atoms with van der Waals surface area (Å²) in [4.78, 5) is 16.6. The summed E-state index contributed by atoms with van der Waals surface area (Å²) in [6.45, 7) is 0.270. The van der Waals surface area contributed by atoms with Crippen molar-refractivity contribution in [2.75, 3.05) is 12.4 Å². The fraction of sp³-hybridized carbons (Fsp3) is 0.0870. The summed E-state index contributed by atoms with van der Waals surface area (Å²) in [6, 6.07) is 22.4. The summed E-state index contributed by atoms with van der Waals surface area (Å²) in [7, 11) is -2.11. The van der Waals surface area contributed by atoms with Gasteiger partial charge in [0, 0.05) is 24.8 Å². The van der Waals surface area contributed by atoms with Gasteiger partial charge < -0.3 is 5.32 Å². The largest absolute Gasteiger partial charge is 0.322 e. The lowest BCUT2D eigenvalue weighted by molar-refractivity contribution is 0.102. The summed E-state index contributed by atoms with van der Waals surface area (Å²) in [5, 5.41) is 6.82. The molecule has 4 aromatic rings. The number of nitrogens with one attached hydrogen (secondary N) is 1. The van der Waals surface area contributed by atoms with E-state index in [1.807, 2.05) is 30.3 Å². The molecule has 0 aliphatic carbocycles. The molecule has 0 aliphatic heterocycles. The number of carbonyl (C=O) groups excluding carboxylic acids is 1. The maximum atomic E-state index is 12.8. The predicted molar refractivity (Wildman–Crippen MR) is 121 cm³/mol. The zero-order valence-corrected chi connectivity index (χ0v) is 18.1. The first-order chi connectivity index (χ1) is 15.4. The molecule has 0 radical (unpaired) electrons. The number of hydrogen-bond donors (Lipinski definition) is 1. The van der Waals surface area contributed by atoms with Gasteiger partial charge in [-0.2, -0.15) is 9.40 Å². The highest BCUT2D eigenvalue weighted by atomic mass is 32.2. The Morgan fingerprint density at radius 1 is 0.969 bits per heavy atom. The lowest BCUT2D eigenvalue weighted by Gasteiger charge is -2.17. The van der Waals surface area contributed by atoms with E-state index in [2.05, 4.69) is 15.4 Å². The molecule has 0 atom stereocenters. The molecule has 1 N–H and O–H groups in total. The van der Waals surface area contributed by atoms with Gasteiger partial charge >= 0.3 is 0 Å². The maximum Gasteiger partial charge on any atom is 0.255 e. The molecule has 3 aromatic carbocycles. The quantitative estimate of drug-likeness (QED) is 0.469. The highest BCUT2D eigenvalue weighted by Crippen LogP contribution is 2.20. The molecule has 1 aromatic heterocycles. The van der Waals surface area contributed by atoms with Crippen LogP contribution in [0.25, 0.3) is 5.69 Å². The molecule has 0 fully saturated rings. The normalized spacial score (nSPS) is 11.4. The minimum atomic E-state index is -3.65. The van der Waals surface area contributed by atoms with E-state index in [0.717, 1.165) is 11.3 Å². The van der Waals surface area contributed by atoms with E-state index >= 15 is 0 Å². The van der Waals surface area contributed by atoms with Crippen LogP contribution in [0.3, 0.4) is 0 Å². The standard InChI is InChI=1S/C23H21N5O3S/c1-27(15-18-5-3-2-4-6-18)32(30,31)22-13-9-20(10-14-22)26-23(29)19-7-11-21(12-8-19)28-17-24-16-25-28/h2-14,16-17H,15H2,1H3,(H,26,29). The summed E-state index contributed by atoms with van der Waals surface area (Å²) >= 11 is 0. The van der Waals surface area contributed by atoms with Gasteiger partial charge in [-0.15, -0.1) is 0 Å². The van der Waals surface area contributed by atoms with Crippen molar-refractivity contribution >= 4 is 21.6 Å². The van der Waals surface area contributed by atoms with Crippen LogP contribution in [-0.4, -0.2) is 40.4 Å². The highest BCUT2D eigenvalue weighted by molar-refractivity contribution is 7.89. The predicted octanol–water partition coefficient (Wildman–Crippen LogP) is 3.34. The molecule has 0 bridgehead atoms. The van der Waals surface area contributed by atoms with Crippen LogP contribution in [0.5, 0.6) is 0 Å². The van der Waals surface area contributed by atoms with Crippen LogP contribution in [0, 0.1) is 0 Å². The van der Waals surface area contributed by atoms with Crippen molar-refractivity contribution in [1.29, 1.82) is 0 Å².